The first-order valence-electron chi connectivity index (χ1n) is 40.6. The average Bonchev–Trinajstić information content (AvgIpc) is 1.04. The Morgan fingerprint density at radius 1 is 0.297 bits per heavy atom. The SMILES string of the molecule is CC/C=C\C/C=C\C/C=C\C/C=C\C/C=C\C/C=C\C/C=C\C/C=C\C/C=C\C/C=C\CCCCCCCCCCCCC(=O)OC(COC(=O)CCCCCCCCCCCCCCCCCCC/C=C\C/C=C\C/C=C\C/C=C\C/C=C\C/C=C\C/C=C\CC)COP(=O)(O)OCCN. The van der Waals surface area contributed by atoms with Gasteiger partial charge in [-0.05, 0) is 148 Å². The van der Waals surface area contributed by atoms with Crippen LogP contribution in [0.3, 0.4) is 0 Å². The molecule has 3 N–H and O–H groups in total. The van der Waals surface area contributed by atoms with Crippen LogP contribution in [0.5, 0.6) is 0 Å². The third-order valence-corrected chi connectivity index (χ3v) is 17.6. The van der Waals surface area contributed by atoms with E-state index in [1.165, 1.54) is 135 Å². The number of rotatable bonds is 74. The van der Waals surface area contributed by atoms with E-state index in [9.17, 15) is 19.0 Å². The number of carbonyl (C=O) groups is 2. The minimum atomic E-state index is -4.41. The van der Waals surface area contributed by atoms with Gasteiger partial charge < -0.3 is 20.1 Å². The summed E-state index contributed by atoms with van der Waals surface area (Å²) in [6, 6.07) is 0. The van der Waals surface area contributed by atoms with Crippen LogP contribution in [0.1, 0.15) is 322 Å². The zero-order valence-electron chi connectivity index (χ0n) is 64.3. The largest absolute Gasteiger partial charge is 0.472 e. The van der Waals surface area contributed by atoms with Gasteiger partial charge in [-0.25, -0.2) is 4.57 Å². The first-order chi connectivity index (χ1) is 49.8. The van der Waals surface area contributed by atoms with E-state index in [0.29, 0.717) is 6.42 Å². The van der Waals surface area contributed by atoms with Gasteiger partial charge in [-0.3, -0.25) is 18.6 Å². The smallest absolute Gasteiger partial charge is 0.462 e. The molecule has 10 heteroatoms. The summed E-state index contributed by atoms with van der Waals surface area (Å²) in [5.74, 6) is -0.835. The summed E-state index contributed by atoms with van der Waals surface area (Å²) in [6.45, 7) is 3.52. The predicted molar refractivity (Wildman–Crippen MR) is 440 cm³/mol. The molecule has 0 spiro atoms. The van der Waals surface area contributed by atoms with Crippen LogP contribution in [-0.2, 0) is 32.7 Å². The maximum absolute atomic E-state index is 12.8. The number of allylic oxidation sites excluding steroid dienone is 34. The van der Waals surface area contributed by atoms with Crippen LogP contribution in [0.15, 0.2) is 207 Å². The lowest BCUT2D eigenvalue weighted by atomic mass is 10.0. The minimum Gasteiger partial charge on any atom is -0.462 e. The molecule has 570 valence electrons. The van der Waals surface area contributed by atoms with Crippen molar-refractivity contribution in [2.75, 3.05) is 26.4 Å². The van der Waals surface area contributed by atoms with Crippen molar-refractivity contribution >= 4 is 19.8 Å². The van der Waals surface area contributed by atoms with Gasteiger partial charge in [0.25, 0.3) is 0 Å². The van der Waals surface area contributed by atoms with Crippen molar-refractivity contribution in [1.82, 2.24) is 0 Å². The van der Waals surface area contributed by atoms with Crippen molar-refractivity contribution < 1.29 is 37.6 Å². The van der Waals surface area contributed by atoms with E-state index in [4.69, 9.17) is 24.3 Å². The Labute approximate surface area is 620 Å². The van der Waals surface area contributed by atoms with Crippen LogP contribution >= 0.6 is 7.82 Å². The molecule has 0 rings (SSSR count). The Bertz CT molecular complexity index is 2420. The Morgan fingerprint density at radius 3 is 0.762 bits per heavy atom. The summed E-state index contributed by atoms with van der Waals surface area (Å²) < 4.78 is 33.3. The van der Waals surface area contributed by atoms with Gasteiger partial charge in [0, 0.05) is 19.4 Å². The highest BCUT2D eigenvalue weighted by Crippen LogP contribution is 2.43. The number of hydrogen-bond acceptors (Lipinski definition) is 8. The van der Waals surface area contributed by atoms with E-state index >= 15 is 0 Å². The first-order valence-corrected chi connectivity index (χ1v) is 42.1. The van der Waals surface area contributed by atoms with Crippen LogP contribution in [0.2, 0.25) is 0 Å². The topological polar surface area (TPSA) is 134 Å². The molecule has 2 atom stereocenters. The number of hydrogen-bond donors (Lipinski definition) is 2. The molecule has 0 saturated carbocycles. The molecule has 0 aliphatic carbocycles. The third kappa shape index (κ3) is 83.4. The first kappa shape index (κ1) is 95.6. The van der Waals surface area contributed by atoms with Crippen molar-refractivity contribution in [1.29, 1.82) is 0 Å². The maximum atomic E-state index is 12.8. The highest BCUT2D eigenvalue weighted by molar-refractivity contribution is 7.47. The lowest BCUT2D eigenvalue weighted by molar-refractivity contribution is -0.161. The van der Waals surface area contributed by atoms with Gasteiger partial charge in [-0.15, -0.1) is 0 Å². The second kappa shape index (κ2) is 83.5. The normalized spacial score (nSPS) is 14.0. The lowest BCUT2D eigenvalue weighted by Crippen LogP contribution is -2.29. The molecule has 0 aliphatic rings. The molecular formula is C91H148NO8P. The van der Waals surface area contributed by atoms with Gasteiger partial charge in [0.15, 0.2) is 6.10 Å². The summed E-state index contributed by atoms with van der Waals surface area (Å²) in [6.07, 6.45) is 128. The van der Waals surface area contributed by atoms with E-state index in [-0.39, 0.29) is 38.6 Å². The molecule has 101 heavy (non-hydrogen) atoms. The number of nitrogens with two attached hydrogens (primary N) is 1. The lowest BCUT2D eigenvalue weighted by Gasteiger charge is -2.19. The zero-order valence-corrected chi connectivity index (χ0v) is 65.2. The molecule has 0 bridgehead atoms. The molecule has 0 aromatic carbocycles. The highest BCUT2D eigenvalue weighted by Gasteiger charge is 2.26. The number of esters is 2. The molecule has 0 aliphatic heterocycles. The minimum absolute atomic E-state index is 0.0449. The fraction of sp³-hybridized carbons (Fsp3) is 0.604. The third-order valence-electron chi connectivity index (χ3n) is 16.7. The molecule has 0 radical (unpaired) electrons. The fourth-order valence-electron chi connectivity index (χ4n) is 10.8. The summed E-state index contributed by atoms with van der Waals surface area (Å²) >= 11 is 0. The summed E-state index contributed by atoms with van der Waals surface area (Å²) in [5, 5.41) is 0. The van der Waals surface area contributed by atoms with E-state index in [0.717, 1.165) is 154 Å². The van der Waals surface area contributed by atoms with Gasteiger partial charge in [-0.2, -0.15) is 0 Å². The number of phosphoric acid groups is 1. The number of ether oxygens (including phenoxy) is 2. The van der Waals surface area contributed by atoms with Gasteiger partial charge >= 0.3 is 19.8 Å². The van der Waals surface area contributed by atoms with E-state index in [1.807, 2.05) is 0 Å². The molecule has 0 saturated heterocycles. The molecule has 0 heterocycles. The van der Waals surface area contributed by atoms with Crippen LogP contribution in [-0.4, -0.2) is 49.3 Å². The fourth-order valence-corrected chi connectivity index (χ4v) is 11.5. The predicted octanol–water partition coefficient (Wildman–Crippen LogP) is 27.8. The van der Waals surface area contributed by atoms with Gasteiger partial charge in [0.1, 0.15) is 6.61 Å². The number of unbranched alkanes of at least 4 members (excludes halogenated alkanes) is 27. The summed E-state index contributed by atoms with van der Waals surface area (Å²) in [5.41, 5.74) is 5.42. The van der Waals surface area contributed by atoms with Gasteiger partial charge in [-0.1, -0.05) is 368 Å². The quantitative estimate of drug-likeness (QED) is 0.0264. The van der Waals surface area contributed by atoms with Crippen molar-refractivity contribution in [3.05, 3.63) is 207 Å². The second-order valence-corrected chi connectivity index (χ2v) is 27.6. The number of carbonyl (C=O) groups excluding carboxylic acids is 2. The molecular weight excluding hydrogens is 1270 g/mol. The monoisotopic (exact) mass is 1410 g/mol. The van der Waals surface area contributed by atoms with Crippen LogP contribution < -0.4 is 5.73 Å². The van der Waals surface area contributed by atoms with E-state index in [1.54, 1.807) is 0 Å². The van der Waals surface area contributed by atoms with Gasteiger partial charge in [0.05, 0.1) is 13.2 Å². The second-order valence-electron chi connectivity index (χ2n) is 26.2. The molecule has 0 aromatic rings. The number of phosphoric ester groups is 1. The Kier molecular flexibility index (Phi) is 79.1. The Hall–Kier alpha value is -5.41. The molecule has 9 nitrogen and oxygen atoms in total. The van der Waals surface area contributed by atoms with Crippen molar-refractivity contribution in [2.45, 2.75) is 328 Å². The van der Waals surface area contributed by atoms with Crippen LogP contribution in [0.4, 0.5) is 0 Å². The average molecular weight is 1420 g/mol. The van der Waals surface area contributed by atoms with Gasteiger partial charge in [0.2, 0.25) is 0 Å². The molecule has 0 amide bonds. The van der Waals surface area contributed by atoms with Crippen molar-refractivity contribution in [3.8, 4) is 0 Å². The summed E-state index contributed by atoms with van der Waals surface area (Å²) in [7, 11) is -4.41. The molecule has 0 fully saturated rings. The standard InChI is InChI=1S/C91H148NO8P/c1-3-5-7-9-11-13-15-17-19-21-23-25-27-29-31-33-35-37-39-41-43-44-46-48-50-52-54-56-58-60-62-64-66-68-70-72-74-76-78-80-82-84-91(94)100-89(88-99-101(95,96)98-86-85-92)87-97-90(93)83-81-79-77-75-73-71-69-67-65-63-61-59-57-55-53-51-49-47-45-42-40-38-36-34-32-30-28-26-24-22-20-18-16-14-12-10-8-6-4-2/h5-8,11-14,17-20,23-26,29-32,35-38,41-43,45-46,48,52,54,58,60,89H,3-4,9-10,15-16,21-22,27-28,33-34,39-40,44,47,49-51,53,55-57,59,61-88,92H2,1-2H3,(H,95,96)/b7-5-,8-6-,13-11-,14-12-,19-17-,20-18-,25-23-,26-24-,31-29-,32-30-,37-35-,38-36-,43-41-,45-42-,48-46-,54-52-,60-58-. The summed E-state index contributed by atoms with van der Waals surface area (Å²) in [4.78, 5) is 35.5. The molecule has 0 aromatic heterocycles. The maximum Gasteiger partial charge on any atom is 0.472 e. The zero-order chi connectivity index (χ0) is 72.9. The van der Waals surface area contributed by atoms with Crippen LogP contribution in [0.25, 0.3) is 0 Å². The Morgan fingerprint density at radius 2 is 0.515 bits per heavy atom. The van der Waals surface area contributed by atoms with Crippen molar-refractivity contribution in [3.63, 3.8) is 0 Å². The van der Waals surface area contributed by atoms with E-state index in [2.05, 4.69) is 220 Å². The molecule has 2 unspecified atom stereocenters. The van der Waals surface area contributed by atoms with E-state index < -0.39 is 26.5 Å². The van der Waals surface area contributed by atoms with Crippen LogP contribution in [0, 0.1) is 0 Å². The highest BCUT2D eigenvalue weighted by atomic mass is 31.2. The Balaban J connectivity index is 3.90. The van der Waals surface area contributed by atoms with Crippen molar-refractivity contribution in [2.24, 2.45) is 5.73 Å².